The second-order valence-electron chi connectivity index (χ2n) is 6.26. The summed E-state index contributed by atoms with van der Waals surface area (Å²) in [7, 11) is 0. The van der Waals surface area contributed by atoms with Crippen molar-refractivity contribution in [3.8, 4) is 11.4 Å². The van der Waals surface area contributed by atoms with E-state index in [0.717, 1.165) is 11.6 Å². The van der Waals surface area contributed by atoms with Crippen LogP contribution in [0.4, 0.5) is 18.9 Å². The number of anilines is 1. The van der Waals surface area contributed by atoms with Crippen LogP contribution in [0.2, 0.25) is 0 Å². The number of halogens is 3. The van der Waals surface area contributed by atoms with E-state index in [1.807, 2.05) is 0 Å². The van der Waals surface area contributed by atoms with Crippen molar-refractivity contribution in [3.05, 3.63) is 95.4 Å². The molecule has 6 nitrogen and oxygen atoms in total. The number of rotatable bonds is 5. The molecule has 0 fully saturated rings. The summed E-state index contributed by atoms with van der Waals surface area (Å²) in [6.45, 7) is 0. The second kappa shape index (κ2) is 8.16. The number of aromatic nitrogens is 3. The third kappa shape index (κ3) is 3.90. The number of hydrogen-bond donors (Lipinski definition) is 1. The molecule has 9 heteroatoms. The Labute approximate surface area is 168 Å². The molecule has 0 unspecified atom stereocenters. The third-order valence-electron chi connectivity index (χ3n) is 4.29. The Kier molecular flexibility index (Phi) is 5.25. The lowest BCUT2D eigenvalue weighted by Crippen LogP contribution is -2.16. The molecule has 150 valence electrons. The summed E-state index contributed by atoms with van der Waals surface area (Å²) >= 11 is 0. The van der Waals surface area contributed by atoms with Gasteiger partial charge in [0.25, 0.3) is 5.91 Å². The quantitative estimate of drug-likeness (QED) is 0.494. The Morgan fingerprint density at radius 1 is 0.967 bits per heavy atom. The molecular weight excluding hydrogens is 397 g/mol. The van der Waals surface area contributed by atoms with Crippen molar-refractivity contribution < 1.29 is 22.5 Å². The van der Waals surface area contributed by atoms with Crippen molar-refractivity contribution in [1.82, 2.24) is 15.1 Å². The normalized spacial score (nSPS) is 10.8. The minimum absolute atomic E-state index is 0.189. The zero-order valence-electron chi connectivity index (χ0n) is 15.3. The predicted octanol–water partition coefficient (Wildman–Crippen LogP) is 4.39. The summed E-state index contributed by atoms with van der Waals surface area (Å²) in [6, 6.07) is 11.8. The highest BCUT2D eigenvalue weighted by molar-refractivity contribution is 6.04. The largest absolute Gasteiger partial charge is 0.339 e. The second-order valence-corrected chi connectivity index (χ2v) is 6.26. The smallest absolute Gasteiger partial charge is 0.258 e. The SMILES string of the molecule is O=C(Nc1ccccc1Cc1nc(-c2ccncc2)no1)c1ccc(F)c(F)c1F. The van der Waals surface area contributed by atoms with Crippen LogP contribution in [0.25, 0.3) is 11.4 Å². The van der Waals surface area contributed by atoms with Crippen molar-refractivity contribution >= 4 is 11.6 Å². The number of nitrogens with zero attached hydrogens (tertiary/aromatic N) is 3. The van der Waals surface area contributed by atoms with Gasteiger partial charge >= 0.3 is 0 Å². The number of para-hydroxylation sites is 1. The van der Waals surface area contributed by atoms with Crippen LogP contribution in [0.15, 0.2) is 65.4 Å². The number of hydrogen-bond acceptors (Lipinski definition) is 5. The maximum absolute atomic E-state index is 13.9. The van der Waals surface area contributed by atoms with E-state index in [2.05, 4.69) is 20.4 Å². The van der Waals surface area contributed by atoms with Crippen molar-refractivity contribution in [1.29, 1.82) is 0 Å². The first-order valence-electron chi connectivity index (χ1n) is 8.78. The summed E-state index contributed by atoms with van der Waals surface area (Å²) in [5.41, 5.74) is 1.07. The maximum Gasteiger partial charge on any atom is 0.258 e. The minimum Gasteiger partial charge on any atom is -0.339 e. The molecule has 0 bridgehead atoms. The first kappa shape index (κ1) is 19.3. The highest BCUT2D eigenvalue weighted by Crippen LogP contribution is 2.22. The van der Waals surface area contributed by atoms with Crippen molar-refractivity contribution in [3.63, 3.8) is 0 Å². The van der Waals surface area contributed by atoms with E-state index < -0.39 is 28.9 Å². The van der Waals surface area contributed by atoms with E-state index in [4.69, 9.17) is 4.52 Å². The van der Waals surface area contributed by atoms with Gasteiger partial charge in [0.1, 0.15) is 0 Å². The lowest BCUT2D eigenvalue weighted by molar-refractivity contribution is 0.102. The Morgan fingerprint density at radius 2 is 1.73 bits per heavy atom. The van der Waals surface area contributed by atoms with E-state index >= 15 is 0 Å². The molecular formula is C21H13F3N4O2. The van der Waals surface area contributed by atoms with Crippen LogP contribution in [0, 0.1) is 17.5 Å². The van der Waals surface area contributed by atoms with Gasteiger partial charge in [-0.25, -0.2) is 13.2 Å². The van der Waals surface area contributed by atoms with E-state index in [1.165, 1.54) is 0 Å². The molecule has 4 aromatic rings. The molecule has 2 aromatic carbocycles. The van der Waals surface area contributed by atoms with Gasteiger partial charge in [-0.1, -0.05) is 23.4 Å². The number of carbonyl (C=O) groups excluding carboxylic acids is 1. The zero-order valence-corrected chi connectivity index (χ0v) is 15.3. The highest BCUT2D eigenvalue weighted by Gasteiger charge is 2.20. The zero-order chi connectivity index (χ0) is 21.1. The van der Waals surface area contributed by atoms with E-state index in [-0.39, 0.29) is 6.42 Å². The fourth-order valence-corrected chi connectivity index (χ4v) is 2.80. The molecule has 1 N–H and O–H groups in total. The minimum atomic E-state index is -1.70. The van der Waals surface area contributed by atoms with Gasteiger partial charge in [-0.2, -0.15) is 4.98 Å². The third-order valence-corrected chi connectivity index (χ3v) is 4.29. The van der Waals surface area contributed by atoms with Crippen LogP contribution in [0.3, 0.4) is 0 Å². The molecule has 0 aliphatic heterocycles. The Bertz CT molecular complexity index is 1210. The molecule has 4 rings (SSSR count). The van der Waals surface area contributed by atoms with Crippen molar-refractivity contribution in [2.75, 3.05) is 5.32 Å². The van der Waals surface area contributed by atoms with Crippen molar-refractivity contribution in [2.24, 2.45) is 0 Å². The Morgan fingerprint density at radius 3 is 2.53 bits per heavy atom. The van der Waals surface area contributed by atoms with Crippen molar-refractivity contribution in [2.45, 2.75) is 6.42 Å². The van der Waals surface area contributed by atoms with Gasteiger partial charge in [-0.05, 0) is 35.9 Å². The standard InChI is InChI=1S/C21H13F3N4O2/c22-15-6-5-14(18(23)19(15)24)21(29)26-16-4-2-1-3-13(16)11-17-27-20(28-30-17)12-7-9-25-10-8-12/h1-10H,11H2,(H,26,29). The number of carbonyl (C=O) groups is 1. The summed E-state index contributed by atoms with van der Waals surface area (Å²) in [5.74, 6) is -4.86. The molecule has 30 heavy (non-hydrogen) atoms. The van der Waals surface area contributed by atoms with Gasteiger partial charge in [0.2, 0.25) is 11.7 Å². The predicted molar refractivity (Wildman–Crippen MR) is 101 cm³/mol. The van der Waals surface area contributed by atoms with Crippen LogP contribution in [-0.4, -0.2) is 21.0 Å². The monoisotopic (exact) mass is 410 g/mol. The summed E-state index contributed by atoms with van der Waals surface area (Å²) < 4.78 is 45.7. The van der Waals surface area contributed by atoms with Gasteiger partial charge in [-0.15, -0.1) is 0 Å². The molecule has 2 aromatic heterocycles. The molecule has 0 saturated heterocycles. The molecule has 1 amide bonds. The first-order valence-corrected chi connectivity index (χ1v) is 8.78. The number of pyridine rings is 1. The fraction of sp³-hybridized carbons (Fsp3) is 0.0476. The fourth-order valence-electron chi connectivity index (χ4n) is 2.80. The van der Waals surface area contributed by atoms with Gasteiger partial charge in [0, 0.05) is 23.6 Å². The maximum atomic E-state index is 13.9. The van der Waals surface area contributed by atoms with Gasteiger partial charge in [-0.3, -0.25) is 9.78 Å². The molecule has 0 atom stereocenters. The number of amides is 1. The summed E-state index contributed by atoms with van der Waals surface area (Å²) in [6.07, 6.45) is 3.40. The van der Waals surface area contributed by atoms with Gasteiger partial charge in [0.05, 0.1) is 12.0 Å². The number of nitrogens with one attached hydrogen (secondary N) is 1. The molecule has 0 aliphatic carbocycles. The van der Waals surface area contributed by atoms with Crippen LogP contribution in [0.5, 0.6) is 0 Å². The van der Waals surface area contributed by atoms with Crippen LogP contribution in [0.1, 0.15) is 21.8 Å². The first-order chi connectivity index (χ1) is 14.5. The highest BCUT2D eigenvalue weighted by atomic mass is 19.2. The molecule has 0 radical (unpaired) electrons. The summed E-state index contributed by atoms with van der Waals surface area (Å²) in [5, 5.41) is 6.43. The van der Waals surface area contributed by atoms with E-state index in [9.17, 15) is 18.0 Å². The molecule has 0 aliphatic rings. The van der Waals surface area contributed by atoms with E-state index in [0.29, 0.717) is 29.0 Å². The van der Waals surface area contributed by atoms with E-state index in [1.54, 1.807) is 48.8 Å². The van der Waals surface area contributed by atoms with Crippen LogP contribution in [-0.2, 0) is 6.42 Å². The Balaban J connectivity index is 1.56. The molecule has 0 spiro atoms. The molecule has 2 heterocycles. The average molecular weight is 410 g/mol. The lowest BCUT2D eigenvalue weighted by atomic mass is 10.1. The lowest BCUT2D eigenvalue weighted by Gasteiger charge is -2.10. The number of benzene rings is 2. The Hall–Kier alpha value is -4.01. The van der Waals surface area contributed by atoms with Crippen LogP contribution < -0.4 is 5.32 Å². The topological polar surface area (TPSA) is 80.9 Å². The summed E-state index contributed by atoms with van der Waals surface area (Å²) in [4.78, 5) is 20.6. The van der Waals surface area contributed by atoms with Gasteiger partial charge in [0.15, 0.2) is 17.5 Å². The van der Waals surface area contributed by atoms with Crippen LogP contribution >= 0.6 is 0 Å². The average Bonchev–Trinajstić information content (AvgIpc) is 3.23. The van der Waals surface area contributed by atoms with Gasteiger partial charge < -0.3 is 9.84 Å². The molecule has 0 saturated carbocycles.